The van der Waals surface area contributed by atoms with Crippen LogP contribution in [0.5, 0.6) is 0 Å². The largest absolute Gasteiger partial charge is 0.502 e. The van der Waals surface area contributed by atoms with Gasteiger partial charge in [0.25, 0.3) is 5.91 Å². The van der Waals surface area contributed by atoms with E-state index in [2.05, 4.69) is 26.2 Å². The number of rotatable bonds is 3. The summed E-state index contributed by atoms with van der Waals surface area (Å²) in [5.74, 6) is -2.04. The maximum atomic E-state index is 12.5. The summed E-state index contributed by atoms with van der Waals surface area (Å²) in [6.45, 7) is 0. The predicted octanol–water partition coefficient (Wildman–Crippen LogP) is 3.23. The van der Waals surface area contributed by atoms with E-state index in [0.717, 1.165) is 4.47 Å². The summed E-state index contributed by atoms with van der Waals surface area (Å²) in [6, 6.07) is 15.7. The fourth-order valence-electron chi connectivity index (χ4n) is 2.18. The molecule has 2 amide bonds. The highest BCUT2D eigenvalue weighted by Crippen LogP contribution is 2.22. The van der Waals surface area contributed by atoms with E-state index in [-0.39, 0.29) is 11.3 Å². The third-order valence-corrected chi connectivity index (χ3v) is 3.79. The summed E-state index contributed by atoms with van der Waals surface area (Å²) >= 11 is 3.31. The van der Waals surface area contributed by atoms with Gasteiger partial charge in [0, 0.05) is 15.7 Å². The lowest BCUT2D eigenvalue weighted by Gasteiger charge is -2.08. The summed E-state index contributed by atoms with van der Waals surface area (Å²) in [7, 11) is 0. The second-order valence-corrected chi connectivity index (χ2v) is 5.73. The highest BCUT2D eigenvalue weighted by atomic mass is 79.9. The molecule has 0 unspecified atom stereocenters. The predicted molar refractivity (Wildman–Crippen MR) is 90.4 cm³/mol. The molecule has 6 heteroatoms. The summed E-state index contributed by atoms with van der Waals surface area (Å²) in [6.07, 6.45) is 0. The molecule has 2 aromatic rings. The summed E-state index contributed by atoms with van der Waals surface area (Å²) < 4.78 is 0.875. The number of anilines is 1. The van der Waals surface area contributed by atoms with Crippen LogP contribution in [-0.2, 0) is 9.59 Å². The van der Waals surface area contributed by atoms with E-state index < -0.39 is 17.6 Å². The van der Waals surface area contributed by atoms with Gasteiger partial charge in [-0.1, -0.05) is 46.3 Å². The van der Waals surface area contributed by atoms with Crippen molar-refractivity contribution in [3.8, 4) is 0 Å². The van der Waals surface area contributed by atoms with Crippen LogP contribution < -0.4 is 5.32 Å². The molecule has 0 aliphatic carbocycles. The molecule has 0 fully saturated rings. The Labute approximate surface area is 140 Å². The Morgan fingerprint density at radius 1 is 1.04 bits per heavy atom. The molecule has 5 nitrogen and oxygen atoms in total. The van der Waals surface area contributed by atoms with Gasteiger partial charge in [-0.2, -0.15) is 0 Å². The minimum atomic E-state index is -0.815. The van der Waals surface area contributed by atoms with Crippen LogP contribution in [0.3, 0.4) is 0 Å². The molecule has 0 atom stereocenters. The van der Waals surface area contributed by atoms with Gasteiger partial charge in [0.1, 0.15) is 5.57 Å². The number of aliphatic imine (C=N–C) groups is 1. The van der Waals surface area contributed by atoms with Crippen molar-refractivity contribution in [3.05, 3.63) is 76.0 Å². The van der Waals surface area contributed by atoms with E-state index in [1.165, 1.54) is 0 Å². The van der Waals surface area contributed by atoms with E-state index in [4.69, 9.17) is 0 Å². The van der Waals surface area contributed by atoms with Crippen molar-refractivity contribution >= 4 is 39.1 Å². The smallest absolute Gasteiger partial charge is 0.313 e. The Kier molecular flexibility index (Phi) is 4.08. The molecular weight excluding hydrogens is 360 g/mol. The number of hydrogen-bond acceptors (Lipinski definition) is 3. The van der Waals surface area contributed by atoms with E-state index in [9.17, 15) is 14.7 Å². The first-order valence-electron chi connectivity index (χ1n) is 6.75. The van der Waals surface area contributed by atoms with Crippen LogP contribution in [0.15, 0.2) is 75.4 Å². The SMILES string of the molecule is O=C1N=C(c2ccccc2)C(C(=O)Nc2ccc(Br)cc2)=C1O. The first kappa shape index (κ1) is 15.2. The first-order chi connectivity index (χ1) is 11.1. The van der Waals surface area contributed by atoms with Gasteiger partial charge in [0.15, 0.2) is 5.76 Å². The van der Waals surface area contributed by atoms with Crippen LogP contribution in [-0.4, -0.2) is 22.6 Å². The fourth-order valence-corrected chi connectivity index (χ4v) is 2.44. The highest BCUT2D eigenvalue weighted by molar-refractivity contribution is 9.10. The third kappa shape index (κ3) is 3.07. The summed E-state index contributed by atoms with van der Waals surface area (Å²) in [5.41, 5.74) is 1.18. The molecule has 1 aliphatic rings. The number of nitrogens with one attached hydrogen (secondary N) is 1. The molecule has 0 saturated heterocycles. The van der Waals surface area contributed by atoms with Crippen molar-refractivity contribution in [1.82, 2.24) is 0 Å². The van der Waals surface area contributed by atoms with Crippen molar-refractivity contribution in [2.75, 3.05) is 5.32 Å². The number of nitrogens with zero attached hydrogens (tertiary/aromatic N) is 1. The third-order valence-electron chi connectivity index (χ3n) is 3.27. The molecule has 23 heavy (non-hydrogen) atoms. The van der Waals surface area contributed by atoms with Gasteiger partial charge >= 0.3 is 5.91 Å². The van der Waals surface area contributed by atoms with Gasteiger partial charge in [-0.15, -0.1) is 0 Å². The van der Waals surface area contributed by atoms with Crippen molar-refractivity contribution in [3.63, 3.8) is 0 Å². The van der Waals surface area contributed by atoms with Crippen molar-refractivity contribution < 1.29 is 14.7 Å². The average molecular weight is 371 g/mol. The van der Waals surface area contributed by atoms with Crippen molar-refractivity contribution in [1.29, 1.82) is 0 Å². The van der Waals surface area contributed by atoms with Gasteiger partial charge in [-0.05, 0) is 24.3 Å². The minimum absolute atomic E-state index is 0.121. The zero-order valence-corrected chi connectivity index (χ0v) is 13.4. The maximum Gasteiger partial charge on any atom is 0.313 e. The lowest BCUT2D eigenvalue weighted by Crippen LogP contribution is -2.21. The molecule has 2 aromatic carbocycles. The Morgan fingerprint density at radius 2 is 1.70 bits per heavy atom. The van der Waals surface area contributed by atoms with E-state index in [1.54, 1.807) is 48.5 Å². The Bertz CT molecular complexity index is 840. The number of hydrogen-bond donors (Lipinski definition) is 2. The Balaban J connectivity index is 1.93. The lowest BCUT2D eigenvalue weighted by atomic mass is 10.0. The maximum absolute atomic E-state index is 12.5. The van der Waals surface area contributed by atoms with E-state index in [1.807, 2.05) is 6.07 Å². The number of carbonyl (C=O) groups is 2. The zero-order valence-electron chi connectivity index (χ0n) is 11.8. The van der Waals surface area contributed by atoms with Gasteiger partial charge < -0.3 is 10.4 Å². The normalized spacial score (nSPS) is 14.0. The fraction of sp³-hybridized carbons (Fsp3) is 0. The molecule has 1 aliphatic heterocycles. The number of halogens is 1. The van der Waals surface area contributed by atoms with Crippen LogP contribution in [0.2, 0.25) is 0 Å². The summed E-state index contributed by atoms with van der Waals surface area (Å²) in [5, 5.41) is 12.6. The number of carbonyl (C=O) groups excluding carboxylic acids is 2. The molecule has 2 N–H and O–H groups in total. The Hall–Kier alpha value is -2.73. The number of aliphatic hydroxyl groups is 1. The van der Waals surface area contributed by atoms with Crippen LogP contribution in [0, 0.1) is 0 Å². The average Bonchev–Trinajstić information content (AvgIpc) is 2.86. The van der Waals surface area contributed by atoms with Gasteiger partial charge in [0.2, 0.25) is 0 Å². The van der Waals surface area contributed by atoms with E-state index >= 15 is 0 Å². The van der Waals surface area contributed by atoms with Gasteiger partial charge in [0.05, 0.1) is 5.71 Å². The standard InChI is InChI=1S/C17H11BrN2O3/c18-11-6-8-12(9-7-11)19-16(22)13-14(20-17(23)15(13)21)10-4-2-1-3-5-10/h1-9H,(H,19,22)(H,20,21,23). The molecule has 0 aromatic heterocycles. The first-order valence-corrected chi connectivity index (χ1v) is 7.54. The van der Waals surface area contributed by atoms with Crippen molar-refractivity contribution in [2.24, 2.45) is 4.99 Å². The quantitative estimate of drug-likeness (QED) is 0.870. The number of aliphatic hydroxyl groups excluding tert-OH is 1. The van der Waals surface area contributed by atoms with Crippen LogP contribution in [0.25, 0.3) is 0 Å². The highest BCUT2D eigenvalue weighted by Gasteiger charge is 2.32. The molecule has 0 spiro atoms. The number of benzene rings is 2. The lowest BCUT2D eigenvalue weighted by molar-refractivity contribution is -0.117. The molecule has 0 saturated carbocycles. The second-order valence-electron chi connectivity index (χ2n) is 4.82. The van der Waals surface area contributed by atoms with Gasteiger partial charge in [-0.3, -0.25) is 9.59 Å². The van der Waals surface area contributed by atoms with Crippen LogP contribution in [0.1, 0.15) is 5.56 Å². The molecule has 114 valence electrons. The monoisotopic (exact) mass is 370 g/mol. The molecule has 0 radical (unpaired) electrons. The van der Waals surface area contributed by atoms with E-state index in [0.29, 0.717) is 11.3 Å². The molecule has 1 heterocycles. The van der Waals surface area contributed by atoms with Crippen LogP contribution in [0.4, 0.5) is 5.69 Å². The number of amides is 2. The molecular formula is C17H11BrN2O3. The van der Waals surface area contributed by atoms with Crippen molar-refractivity contribution in [2.45, 2.75) is 0 Å². The van der Waals surface area contributed by atoms with Crippen LogP contribution >= 0.6 is 15.9 Å². The second kappa shape index (κ2) is 6.18. The Morgan fingerprint density at radius 3 is 2.35 bits per heavy atom. The zero-order chi connectivity index (χ0) is 16.4. The van der Waals surface area contributed by atoms with Gasteiger partial charge in [-0.25, -0.2) is 4.99 Å². The summed E-state index contributed by atoms with van der Waals surface area (Å²) in [4.78, 5) is 27.9. The minimum Gasteiger partial charge on any atom is -0.502 e. The molecule has 3 rings (SSSR count). The molecule has 0 bridgehead atoms. The topological polar surface area (TPSA) is 78.8 Å².